The summed E-state index contributed by atoms with van der Waals surface area (Å²) in [5, 5.41) is 3.11. The first-order valence-electron chi connectivity index (χ1n) is 9.17. The predicted octanol–water partition coefficient (Wildman–Crippen LogP) is 2.48. The fourth-order valence-electron chi connectivity index (χ4n) is 3.00. The Balaban J connectivity index is 1.88. The Morgan fingerprint density at radius 3 is 2.57 bits per heavy atom. The average molecular weight is 407 g/mol. The zero-order chi connectivity index (χ0) is 20.9. The SMILES string of the molecule is Cc1c(C=NCNC(=O)OC(C)(C)C)sc2c1c(=O)n(C1(C)CC1)c(=O)n2C. The van der Waals surface area contributed by atoms with E-state index < -0.39 is 11.7 Å². The molecule has 1 N–H and O–H groups in total. The molecule has 0 unspecified atom stereocenters. The van der Waals surface area contributed by atoms with Gasteiger partial charge in [0, 0.05) is 13.3 Å². The van der Waals surface area contributed by atoms with Crippen molar-refractivity contribution in [2.75, 3.05) is 6.67 Å². The molecular formula is C19H26N4O4S. The lowest BCUT2D eigenvalue weighted by atomic mass is 10.2. The molecule has 152 valence electrons. The van der Waals surface area contributed by atoms with Gasteiger partial charge in [0.15, 0.2) is 0 Å². The van der Waals surface area contributed by atoms with Crippen LogP contribution in [0, 0.1) is 6.92 Å². The first kappa shape index (κ1) is 20.3. The van der Waals surface area contributed by atoms with Crippen molar-refractivity contribution in [3.8, 4) is 0 Å². The predicted molar refractivity (Wildman–Crippen MR) is 111 cm³/mol. The summed E-state index contributed by atoms with van der Waals surface area (Å²) in [6, 6.07) is 0. The highest BCUT2D eigenvalue weighted by molar-refractivity contribution is 7.20. The van der Waals surface area contributed by atoms with Gasteiger partial charge in [-0.1, -0.05) is 0 Å². The van der Waals surface area contributed by atoms with Gasteiger partial charge in [0.2, 0.25) is 0 Å². The largest absolute Gasteiger partial charge is 0.444 e. The molecule has 0 saturated heterocycles. The number of fused-ring (bicyclic) bond motifs is 1. The molecule has 1 aliphatic carbocycles. The third kappa shape index (κ3) is 3.76. The molecule has 0 radical (unpaired) electrons. The van der Waals surface area contributed by atoms with E-state index in [0.29, 0.717) is 10.2 Å². The summed E-state index contributed by atoms with van der Waals surface area (Å²) in [7, 11) is 1.69. The van der Waals surface area contributed by atoms with Crippen LogP contribution in [0.5, 0.6) is 0 Å². The summed E-state index contributed by atoms with van der Waals surface area (Å²) >= 11 is 1.34. The lowest BCUT2D eigenvalue weighted by molar-refractivity contribution is 0.0530. The quantitative estimate of drug-likeness (QED) is 0.789. The Labute approximate surface area is 166 Å². The van der Waals surface area contributed by atoms with Crippen molar-refractivity contribution in [2.24, 2.45) is 12.0 Å². The number of aryl methyl sites for hydroxylation is 2. The lowest BCUT2D eigenvalue weighted by Gasteiger charge is -2.19. The van der Waals surface area contributed by atoms with Gasteiger partial charge in [0.1, 0.15) is 17.1 Å². The summed E-state index contributed by atoms with van der Waals surface area (Å²) < 4.78 is 8.08. The number of ether oxygens (including phenoxy) is 1. The summed E-state index contributed by atoms with van der Waals surface area (Å²) in [5.41, 5.74) is -0.675. The highest BCUT2D eigenvalue weighted by atomic mass is 32.1. The van der Waals surface area contributed by atoms with E-state index in [4.69, 9.17) is 4.74 Å². The minimum absolute atomic E-state index is 0.0594. The number of hydrogen-bond donors (Lipinski definition) is 1. The zero-order valence-corrected chi connectivity index (χ0v) is 17.9. The number of thiophene rings is 1. The van der Waals surface area contributed by atoms with E-state index in [9.17, 15) is 14.4 Å². The third-order valence-corrected chi connectivity index (χ3v) is 6.10. The Bertz CT molecular complexity index is 1080. The van der Waals surface area contributed by atoms with Gasteiger partial charge in [-0.05, 0) is 53.0 Å². The van der Waals surface area contributed by atoms with E-state index in [1.54, 1.807) is 34.0 Å². The van der Waals surface area contributed by atoms with E-state index in [1.165, 1.54) is 20.5 Å². The van der Waals surface area contributed by atoms with Gasteiger partial charge in [0.25, 0.3) is 5.56 Å². The second kappa shape index (κ2) is 6.88. The van der Waals surface area contributed by atoms with Crippen LogP contribution in [0.2, 0.25) is 0 Å². The number of aliphatic imine (C=N–C) groups is 1. The topological polar surface area (TPSA) is 94.7 Å². The van der Waals surface area contributed by atoms with Crippen LogP contribution in [0.15, 0.2) is 14.6 Å². The summed E-state index contributed by atoms with van der Waals surface area (Å²) in [5.74, 6) is 0. The molecule has 0 spiro atoms. The molecule has 0 bridgehead atoms. The fourth-order valence-corrected chi connectivity index (χ4v) is 4.14. The van der Waals surface area contributed by atoms with E-state index in [-0.39, 0.29) is 23.5 Å². The van der Waals surface area contributed by atoms with Crippen LogP contribution in [0.1, 0.15) is 51.0 Å². The highest BCUT2D eigenvalue weighted by Crippen LogP contribution is 2.41. The third-order valence-electron chi connectivity index (χ3n) is 4.80. The minimum Gasteiger partial charge on any atom is -0.444 e. The second-order valence-corrected chi connectivity index (χ2v) is 9.43. The van der Waals surface area contributed by atoms with Gasteiger partial charge in [-0.15, -0.1) is 11.3 Å². The highest BCUT2D eigenvalue weighted by Gasteiger charge is 2.42. The first-order chi connectivity index (χ1) is 12.9. The maximum atomic E-state index is 13.0. The molecule has 3 rings (SSSR count). The van der Waals surface area contributed by atoms with Crippen molar-refractivity contribution in [2.45, 2.75) is 58.6 Å². The minimum atomic E-state index is -0.571. The van der Waals surface area contributed by atoms with Crippen molar-refractivity contribution < 1.29 is 9.53 Å². The Kier molecular flexibility index (Phi) is 4.99. The average Bonchev–Trinajstić information content (AvgIpc) is 3.21. The van der Waals surface area contributed by atoms with Crippen molar-refractivity contribution in [3.63, 3.8) is 0 Å². The van der Waals surface area contributed by atoms with Gasteiger partial charge in [-0.25, -0.2) is 9.59 Å². The number of carbonyl (C=O) groups excluding carboxylic acids is 1. The van der Waals surface area contributed by atoms with Crippen molar-refractivity contribution >= 4 is 33.9 Å². The molecular weight excluding hydrogens is 380 g/mol. The van der Waals surface area contributed by atoms with Crippen molar-refractivity contribution in [1.29, 1.82) is 0 Å². The molecule has 0 aromatic carbocycles. The zero-order valence-electron chi connectivity index (χ0n) is 17.1. The summed E-state index contributed by atoms with van der Waals surface area (Å²) in [6.07, 6.45) is 2.74. The first-order valence-corrected chi connectivity index (χ1v) is 9.98. The van der Waals surface area contributed by atoms with Crippen LogP contribution in [0.4, 0.5) is 4.79 Å². The molecule has 8 nitrogen and oxygen atoms in total. The number of hydrogen-bond acceptors (Lipinski definition) is 6. The summed E-state index contributed by atoms with van der Waals surface area (Å²) in [4.78, 5) is 43.0. The van der Waals surface area contributed by atoms with Crippen LogP contribution in [-0.4, -0.2) is 33.7 Å². The van der Waals surface area contributed by atoms with Crippen LogP contribution in [0.3, 0.4) is 0 Å². The molecule has 1 aliphatic rings. The van der Waals surface area contributed by atoms with Crippen molar-refractivity contribution in [3.05, 3.63) is 31.3 Å². The van der Waals surface area contributed by atoms with Gasteiger partial charge >= 0.3 is 11.8 Å². The number of carbonyl (C=O) groups is 1. The van der Waals surface area contributed by atoms with E-state index >= 15 is 0 Å². The normalized spacial score (nSPS) is 15.9. The molecule has 0 aliphatic heterocycles. The molecule has 28 heavy (non-hydrogen) atoms. The van der Waals surface area contributed by atoms with Crippen LogP contribution in [-0.2, 0) is 17.3 Å². The van der Waals surface area contributed by atoms with E-state index in [2.05, 4.69) is 10.3 Å². The monoisotopic (exact) mass is 406 g/mol. The molecule has 1 saturated carbocycles. The van der Waals surface area contributed by atoms with Crippen molar-refractivity contribution in [1.82, 2.24) is 14.5 Å². The molecule has 2 aromatic rings. The molecule has 1 amide bonds. The van der Waals surface area contributed by atoms with Crippen LogP contribution >= 0.6 is 11.3 Å². The summed E-state index contributed by atoms with van der Waals surface area (Å²) in [6.45, 7) is 9.21. The molecule has 9 heteroatoms. The number of aromatic nitrogens is 2. The Morgan fingerprint density at radius 2 is 2.00 bits per heavy atom. The van der Waals surface area contributed by atoms with E-state index in [1.807, 2.05) is 13.8 Å². The van der Waals surface area contributed by atoms with Gasteiger partial charge in [-0.3, -0.25) is 18.9 Å². The maximum absolute atomic E-state index is 13.0. The number of nitrogens with zero attached hydrogens (tertiary/aromatic N) is 3. The van der Waals surface area contributed by atoms with Gasteiger partial charge in [0.05, 0.1) is 15.8 Å². The Hall–Kier alpha value is -2.42. The smallest absolute Gasteiger partial charge is 0.409 e. The number of rotatable bonds is 4. The number of nitrogens with one attached hydrogen (secondary N) is 1. The van der Waals surface area contributed by atoms with Gasteiger partial charge in [-0.2, -0.15) is 0 Å². The standard InChI is InChI=1S/C19H26N4O4S/c1-11-12(9-20-10-21-16(25)27-18(2,3)4)28-15-13(11)14(24)23(17(26)22(15)6)19(5)7-8-19/h9H,7-8,10H2,1-6H3,(H,21,25). The molecule has 2 aromatic heterocycles. The second-order valence-electron chi connectivity index (χ2n) is 8.40. The maximum Gasteiger partial charge on any atom is 0.409 e. The fraction of sp³-hybridized carbons (Fsp3) is 0.579. The van der Waals surface area contributed by atoms with Crippen LogP contribution in [0.25, 0.3) is 10.2 Å². The van der Waals surface area contributed by atoms with Gasteiger partial charge < -0.3 is 10.1 Å². The molecule has 1 fully saturated rings. The molecule has 2 heterocycles. The number of amides is 1. The molecule has 0 atom stereocenters. The Morgan fingerprint density at radius 1 is 1.36 bits per heavy atom. The van der Waals surface area contributed by atoms with E-state index in [0.717, 1.165) is 23.3 Å². The lowest BCUT2D eigenvalue weighted by Crippen LogP contribution is -2.43. The number of alkyl carbamates (subject to hydrolysis) is 1. The van der Waals surface area contributed by atoms with Crippen LogP contribution < -0.4 is 16.6 Å².